The van der Waals surface area contributed by atoms with Gasteiger partial charge in [0, 0.05) is 5.69 Å². The highest BCUT2D eigenvalue weighted by Crippen LogP contribution is 2.26. The van der Waals surface area contributed by atoms with Gasteiger partial charge >= 0.3 is 0 Å². The van der Waals surface area contributed by atoms with Crippen LogP contribution in [0.2, 0.25) is 0 Å². The van der Waals surface area contributed by atoms with E-state index in [-0.39, 0.29) is 17.3 Å². The lowest BCUT2D eigenvalue weighted by Gasteiger charge is -2.07. The van der Waals surface area contributed by atoms with E-state index in [0.717, 1.165) is 18.6 Å². The molecule has 150 valence electrons. The smallest absolute Gasteiger partial charge is 0.291 e. The molecule has 0 aliphatic heterocycles. The Morgan fingerprint density at radius 3 is 2.55 bits per heavy atom. The molecule has 1 aromatic heterocycles. The van der Waals surface area contributed by atoms with Gasteiger partial charge in [0.15, 0.2) is 5.76 Å². The summed E-state index contributed by atoms with van der Waals surface area (Å²) in [6, 6.07) is 14.9. The van der Waals surface area contributed by atoms with Crippen LogP contribution in [0.4, 0.5) is 5.69 Å². The van der Waals surface area contributed by atoms with Crippen molar-refractivity contribution in [2.45, 2.75) is 30.8 Å². The Bertz CT molecular complexity index is 1150. The molecule has 4 rings (SSSR count). The maximum atomic E-state index is 12.3. The quantitative estimate of drug-likeness (QED) is 0.645. The van der Waals surface area contributed by atoms with Crippen molar-refractivity contribution < 1.29 is 22.4 Å². The first-order valence-corrected chi connectivity index (χ1v) is 10.7. The second-order valence-electron chi connectivity index (χ2n) is 6.86. The fourth-order valence-electron chi connectivity index (χ4n) is 3.29. The Kier molecular flexibility index (Phi) is 5.12. The highest BCUT2D eigenvalue weighted by Gasteiger charge is 2.14. The summed E-state index contributed by atoms with van der Waals surface area (Å²) in [5.74, 6) is 0.994. The normalized spacial score (nSPS) is 13.1. The number of hydrogen-bond donors (Lipinski definition) is 2. The molecule has 1 aliphatic carbocycles. The maximum Gasteiger partial charge on any atom is 0.291 e. The van der Waals surface area contributed by atoms with Gasteiger partial charge in [-0.1, -0.05) is 6.07 Å². The summed E-state index contributed by atoms with van der Waals surface area (Å²) in [6.07, 6.45) is 3.38. The molecule has 0 radical (unpaired) electrons. The van der Waals surface area contributed by atoms with E-state index in [1.165, 1.54) is 41.8 Å². The molecule has 8 heteroatoms. The van der Waals surface area contributed by atoms with Gasteiger partial charge in [-0.15, -0.1) is 0 Å². The average molecular weight is 412 g/mol. The number of anilines is 1. The van der Waals surface area contributed by atoms with Crippen LogP contribution in [0.25, 0.3) is 0 Å². The molecule has 1 aliphatic rings. The van der Waals surface area contributed by atoms with Gasteiger partial charge in [0.1, 0.15) is 18.1 Å². The fourth-order valence-corrected chi connectivity index (χ4v) is 3.81. The predicted octanol–water partition coefficient (Wildman–Crippen LogP) is 3.25. The van der Waals surface area contributed by atoms with Gasteiger partial charge < -0.3 is 14.5 Å². The number of ether oxygens (including phenoxy) is 1. The van der Waals surface area contributed by atoms with Gasteiger partial charge in [-0.25, -0.2) is 13.6 Å². The molecule has 0 spiro atoms. The lowest BCUT2D eigenvalue weighted by molar-refractivity contribution is 0.0992. The van der Waals surface area contributed by atoms with Gasteiger partial charge in [-0.05, 0) is 78.9 Å². The molecule has 29 heavy (non-hydrogen) atoms. The van der Waals surface area contributed by atoms with E-state index in [0.29, 0.717) is 11.4 Å². The first kappa shape index (κ1) is 19.2. The molecule has 2 aromatic carbocycles. The number of carbonyl (C=O) groups excluding carboxylic acids is 1. The summed E-state index contributed by atoms with van der Waals surface area (Å²) in [4.78, 5) is 12.3. The topological polar surface area (TPSA) is 112 Å². The molecule has 0 unspecified atom stereocenters. The Balaban J connectivity index is 1.36. The zero-order valence-corrected chi connectivity index (χ0v) is 16.4. The van der Waals surface area contributed by atoms with Gasteiger partial charge in [-0.2, -0.15) is 0 Å². The average Bonchev–Trinajstić information content (AvgIpc) is 3.35. The molecular weight excluding hydrogens is 392 g/mol. The van der Waals surface area contributed by atoms with Gasteiger partial charge in [-0.3, -0.25) is 4.79 Å². The van der Waals surface area contributed by atoms with E-state index in [1.807, 2.05) is 6.07 Å². The monoisotopic (exact) mass is 412 g/mol. The second kappa shape index (κ2) is 7.73. The Morgan fingerprint density at radius 2 is 1.79 bits per heavy atom. The molecular formula is C21H20N2O5S. The van der Waals surface area contributed by atoms with Crippen molar-refractivity contribution in [3.05, 3.63) is 77.2 Å². The third kappa shape index (κ3) is 4.49. The lowest BCUT2D eigenvalue weighted by Crippen LogP contribution is -2.13. The van der Waals surface area contributed by atoms with E-state index >= 15 is 0 Å². The SMILES string of the molecule is NS(=O)(=O)c1ccc(NC(=O)c2ccc(COc3ccc4c(c3)CCC4)o2)cc1. The molecule has 1 amide bonds. The molecule has 0 fully saturated rings. The number of aryl methyl sites for hydroxylation is 2. The van der Waals surface area contributed by atoms with E-state index in [4.69, 9.17) is 14.3 Å². The summed E-state index contributed by atoms with van der Waals surface area (Å²) in [5, 5.41) is 7.70. The first-order chi connectivity index (χ1) is 13.9. The number of sulfonamides is 1. The number of carbonyl (C=O) groups is 1. The number of benzene rings is 2. The van der Waals surface area contributed by atoms with Crippen LogP contribution >= 0.6 is 0 Å². The largest absolute Gasteiger partial charge is 0.486 e. The molecule has 1 heterocycles. The van der Waals surface area contributed by atoms with E-state index in [2.05, 4.69) is 17.4 Å². The third-order valence-corrected chi connectivity index (χ3v) is 5.71. The van der Waals surface area contributed by atoms with Crippen molar-refractivity contribution in [3.63, 3.8) is 0 Å². The minimum absolute atomic E-state index is 0.0283. The highest BCUT2D eigenvalue weighted by molar-refractivity contribution is 7.89. The number of nitrogens with one attached hydrogen (secondary N) is 1. The number of hydrogen-bond acceptors (Lipinski definition) is 5. The third-order valence-electron chi connectivity index (χ3n) is 4.78. The minimum Gasteiger partial charge on any atom is -0.486 e. The number of furan rings is 1. The van der Waals surface area contributed by atoms with Gasteiger partial charge in [0.05, 0.1) is 4.90 Å². The minimum atomic E-state index is -3.77. The molecule has 3 N–H and O–H groups in total. The summed E-state index contributed by atoms with van der Waals surface area (Å²) < 4.78 is 33.9. The molecule has 0 saturated heterocycles. The van der Waals surface area contributed by atoms with E-state index in [9.17, 15) is 13.2 Å². The van der Waals surface area contributed by atoms with Crippen LogP contribution in [0.3, 0.4) is 0 Å². The standard InChI is InChI=1S/C21H20N2O5S/c22-29(25,26)19-9-5-16(6-10-19)23-21(24)20-11-8-18(28-20)13-27-17-7-4-14-2-1-3-15(14)12-17/h4-12H,1-3,13H2,(H,23,24)(H2,22,25,26). The maximum absolute atomic E-state index is 12.3. The van der Waals surface area contributed by atoms with Crippen LogP contribution in [0.15, 0.2) is 63.9 Å². The Morgan fingerprint density at radius 1 is 1.03 bits per heavy atom. The highest BCUT2D eigenvalue weighted by atomic mass is 32.2. The van der Waals surface area contributed by atoms with Gasteiger partial charge in [0.2, 0.25) is 10.0 Å². The van der Waals surface area contributed by atoms with Crippen LogP contribution in [-0.4, -0.2) is 14.3 Å². The number of rotatable bonds is 6. The van der Waals surface area contributed by atoms with Crippen molar-refractivity contribution in [1.82, 2.24) is 0 Å². The van der Waals surface area contributed by atoms with Crippen LogP contribution in [-0.2, 0) is 29.5 Å². The van der Waals surface area contributed by atoms with E-state index in [1.54, 1.807) is 12.1 Å². The molecule has 0 bridgehead atoms. The predicted molar refractivity (Wildman–Crippen MR) is 107 cm³/mol. The van der Waals surface area contributed by atoms with Crippen molar-refractivity contribution in [1.29, 1.82) is 0 Å². The number of primary sulfonamides is 1. The second-order valence-corrected chi connectivity index (χ2v) is 8.42. The summed E-state index contributed by atoms with van der Waals surface area (Å²) in [5.41, 5.74) is 3.14. The number of nitrogens with two attached hydrogens (primary N) is 1. The van der Waals surface area contributed by atoms with Crippen molar-refractivity contribution in [2.75, 3.05) is 5.32 Å². The summed E-state index contributed by atoms with van der Waals surface area (Å²) >= 11 is 0. The van der Waals surface area contributed by atoms with Crippen LogP contribution < -0.4 is 15.2 Å². The number of fused-ring (bicyclic) bond motifs is 1. The van der Waals surface area contributed by atoms with Crippen molar-refractivity contribution in [2.24, 2.45) is 5.14 Å². The zero-order valence-electron chi connectivity index (χ0n) is 15.6. The first-order valence-electron chi connectivity index (χ1n) is 9.16. The van der Waals surface area contributed by atoms with Crippen molar-refractivity contribution in [3.8, 4) is 5.75 Å². The number of amides is 1. The Labute approximate surface area is 168 Å². The van der Waals surface area contributed by atoms with E-state index < -0.39 is 15.9 Å². The van der Waals surface area contributed by atoms with Crippen LogP contribution in [0, 0.1) is 0 Å². The summed E-state index contributed by atoms with van der Waals surface area (Å²) in [7, 11) is -3.77. The molecule has 3 aromatic rings. The lowest BCUT2D eigenvalue weighted by atomic mass is 10.1. The zero-order chi connectivity index (χ0) is 20.4. The molecule has 0 saturated carbocycles. The molecule has 7 nitrogen and oxygen atoms in total. The fraction of sp³-hybridized carbons (Fsp3) is 0.190. The van der Waals surface area contributed by atoms with Crippen LogP contribution in [0.5, 0.6) is 5.75 Å². The van der Waals surface area contributed by atoms with Crippen LogP contribution in [0.1, 0.15) is 33.9 Å². The van der Waals surface area contributed by atoms with Crippen molar-refractivity contribution >= 4 is 21.6 Å². The Hall–Kier alpha value is -3.10. The van der Waals surface area contributed by atoms with Gasteiger partial charge in [0.25, 0.3) is 5.91 Å². The summed E-state index contributed by atoms with van der Waals surface area (Å²) in [6.45, 7) is 0.217. The molecule has 0 atom stereocenters.